The summed E-state index contributed by atoms with van der Waals surface area (Å²) in [7, 11) is 1.22. The summed E-state index contributed by atoms with van der Waals surface area (Å²) in [6.45, 7) is 1.20. The van der Waals surface area contributed by atoms with Gasteiger partial charge in [0.15, 0.2) is 29.8 Å². The van der Waals surface area contributed by atoms with Gasteiger partial charge in [-0.25, -0.2) is 0 Å². The fraction of sp³-hybridized carbons (Fsp3) is 0.625. The number of fused-ring (bicyclic) bond motifs is 1. The van der Waals surface area contributed by atoms with Gasteiger partial charge in [-0.05, 0) is 32.0 Å². The Bertz CT molecular complexity index is 2170. The van der Waals surface area contributed by atoms with E-state index in [9.17, 15) is 76.3 Å². The number of ether oxygens (including phenoxy) is 9. The Hall–Kier alpha value is -4.07. The standard InChI is InChI=1S/C40H52O25/c1-11-22(44)27(49)30(52)37(58-11)57-10-20-25(47)35(64-38-31(53)28(50)23(45)12(2)59-38)33(55)40(63-20)65-36-26(48)21-16(43)7-14(60-39-32(54)29(51)24(46)19(9-41)62-39)8-18(21)61-34(36)13-4-5-15(42)17(6-13)56-3/h4-8,11-12,19-20,22-25,27-33,35,37-47,49-55H,9-10H2,1-3H3/t11-,12-,19-,20-,22-,23-,24-,25-,27+,28+,29+,30-,31-,32-,33-,35+,37-,38-,39-,40+/m1/s1. The molecule has 0 saturated carbocycles. The largest absolute Gasteiger partial charge is 0.507 e. The van der Waals surface area contributed by atoms with Crippen LogP contribution < -0.4 is 19.6 Å². The predicted octanol–water partition coefficient (Wildman–Crippen LogP) is -5.06. The monoisotopic (exact) mass is 932 g/mol. The van der Waals surface area contributed by atoms with Crippen LogP contribution in [-0.4, -0.2) is 215 Å². The number of hydrogen-bond acceptors (Lipinski definition) is 25. The van der Waals surface area contributed by atoms with Crippen molar-refractivity contribution < 1.29 is 119 Å². The van der Waals surface area contributed by atoms with Gasteiger partial charge in [0, 0.05) is 17.7 Å². The highest BCUT2D eigenvalue weighted by Gasteiger charge is 2.52. The third-order valence-corrected chi connectivity index (χ3v) is 11.7. The van der Waals surface area contributed by atoms with E-state index in [1.165, 1.54) is 33.1 Å². The lowest BCUT2D eigenvalue weighted by Gasteiger charge is -2.46. The van der Waals surface area contributed by atoms with Gasteiger partial charge in [0.2, 0.25) is 23.8 Å². The van der Waals surface area contributed by atoms with E-state index in [0.29, 0.717) is 0 Å². The number of phenolic OH excluding ortho intramolecular Hbond substituents is 2. The van der Waals surface area contributed by atoms with Gasteiger partial charge in [0.25, 0.3) is 0 Å². The smallest absolute Gasteiger partial charge is 0.239 e. The first-order valence-electron chi connectivity index (χ1n) is 20.3. The lowest BCUT2D eigenvalue weighted by Crippen LogP contribution is -2.65. The van der Waals surface area contributed by atoms with Crippen molar-refractivity contribution in [2.45, 2.75) is 137 Å². The average molecular weight is 933 g/mol. The minimum atomic E-state index is -2.15. The van der Waals surface area contributed by atoms with E-state index >= 15 is 0 Å². The SMILES string of the molecule is COc1cc(-c2oc3cc(O[C@@H]4O[C@H](CO)[C@@H](O)[C@H](O)[C@H]4O)cc(O)c3c(=O)c2O[C@@H]2O[C@H](CO[C@@H]3O[C@H](C)[C@@H](O)[C@H](O)[C@H]3O)[C@@H](O)[C@H](O[C@H]3O[C@H](C)[C@@H](O)[C@H](O)[C@H]3O)[C@H]2O)ccc1O. The van der Waals surface area contributed by atoms with Crippen molar-refractivity contribution in [3.63, 3.8) is 0 Å². The summed E-state index contributed by atoms with van der Waals surface area (Å²) in [6.07, 6.45) is -34.3. The van der Waals surface area contributed by atoms with Crippen molar-refractivity contribution in [1.29, 1.82) is 0 Å². The first-order valence-corrected chi connectivity index (χ1v) is 20.3. The predicted molar refractivity (Wildman–Crippen MR) is 209 cm³/mol. The zero-order valence-corrected chi connectivity index (χ0v) is 34.6. The molecule has 1 aromatic heterocycles. The number of aromatic hydroxyl groups is 2. The second-order valence-electron chi connectivity index (χ2n) is 16.0. The highest BCUT2D eigenvalue weighted by atomic mass is 16.8. The number of rotatable bonds is 12. The number of methoxy groups -OCH3 is 1. The normalized spacial score (nSPS) is 40.1. The van der Waals surface area contributed by atoms with Crippen molar-refractivity contribution in [2.24, 2.45) is 0 Å². The van der Waals surface area contributed by atoms with Gasteiger partial charge in [0.05, 0.1) is 32.5 Å². The van der Waals surface area contributed by atoms with E-state index in [1.807, 2.05) is 0 Å². The maximum atomic E-state index is 14.6. The lowest BCUT2D eigenvalue weighted by atomic mass is 9.97. The molecule has 4 saturated heterocycles. The van der Waals surface area contributed by atoms with Crippen LogP contribution in [0.25, 0.3) is 22.3 Å². The zero-order valence-electron chi connectivity index (χ0n) is 34.6. The summed E-state index contributed by atoms with van der Waals surface area (Å²) in [5.41, 5.74) is -1.59. The van der Waals surface area contributed by atoms with Crippen LogP contribution in [-0.2, 0) is 28.4 Å². The van der Waals surface area contributed by atoms with Crippen molar-refractivity contribution in [3.8, 4) is 40.1 Å². The Morgan fingerprint density at radius 1 is 0.600 bits per heavy atom. The van der Waals surface area contributed by atoms with Crippen LogP contribution in [0.3, 0.4) is 0 Å². The second-order valence-corrected chi connectivity index (χ2v) is 16.0. The fourth-order valence-corrected chi connectivity index (χ4v) is 7.78. The highest BCUT2D eigenvalue weighted by Crippen LogP contribution is 2.41. The van der Waals surface area contributed by atoms with Crippen molar-refractivity contribution >= 4 is 11.0 Å². The molecule has 362 valence electrons. The third-order valence-electron chi connectivity index (χ3n) is 11.7. The molecule has 7 rings (SSSR count). The van der Waals surface area contributed by atoms with Gasteiger partial charge in [-0.2, -0.15) is 0 Å². The molecule has 0 bridgehead atoms. The van der Waals surface area contributed by atoms with Crippen LogP contribution in [0.2, 0.25) is 0 Å². The molecular formula is C40H52O25. The summed E-state index contributed by atoms with van der Waals surface area (Å²) in [4.78, 5) is 14.6. The molecule has 20 atom stereocenters. The Kier molecular flexibility index (Phi) is 14.8. The summed E-state index contributed by atoms with van der Waals surface area (Å²) in [6, 6.07) is 5.61. The molecule has 4 aliphatic rings. The topological polar surface area (TPSA) is 397 Å². The van der Waals surface area contributed by atoms with Gasteiger partial charge >= 0.3 is 0 Å². The summed E-state index contributed by atoms with van der Waals surface area (Å²) >= 11 is 0. The molecular weight excluding hydrogens is 880 g/mol. The molecule has 14 N–H and O–H groups in total. The molecule has 0 spiro atoms. The molecule has 2 aromatic carbocycles. The average Bonchev–Trinajstić information content (AvgIpc) is 3.28. The molecule has 4 aliphatic heterocycles. The Morgan fingerprint density at radius 3 is 1.83 bits per heavy atom. The molecule has 0 aliphatic carbocycles. The van der Waals surface area contributed by atoms with Crippen molar-refractivity contribution in [1.82, 2.24) is 0 Å². The van der Waals surface area contributed by atoms with E-state index in [2.05, 4.69) is 0 Å². The number of benzene rings is 2. The third kappa shape index (κ3) is 9.44. The summed E-state index contributed by atoms with van der Waals surface area (Å²) < 4.78 is 56.9. The minimum absolute atomic E-state index is 0.0371. The molecule has 0 amide bonds. The molecule has 25 nitrogen and oxygen atoms in total. The molecule has 25 heteroatoms. The Labute approximate surface area is 366 Å². The van der Waals surface area contributed by atoms with Gasteiger partial charge < -0.3 is 119 Å². The van der Waals surface area contributed by atoms with Crippen LogP contribution in [0.15, 0.2) is 39.5 Å². The number of hydrogen-bond donors (Lipinski definition) is 14. The molecule has 0 radical (unpaired) electrons. The lowest BCUT2D eigenvalue weighted by molar-refractivity contribution is -0.355. The zero-order chi connectivity index (χ0) is 47.3. The molecule has 5 heterocycles. The van der Waals surface area contributed by atoms with Crippen molar-refractivity contribution in [3.05, 3.63) is 40.6 Å². The van der Waals surface area contributed by atoms with Crippen molar-refractivity contribution in [2.75, 3.05) is 20.3 Å². The number of phenols is 2. The van der Waals surface area contributed by atoms with Crippen LogP contribution in [0.4, 0.5) is 0 Å². The Balaban J connectivity index is 1.27. The second kappa shape index (κ2) is 19.6. The first kappa shape index (κ1) is 48.9. The van der Waals surface area contributed by atoms with Crippen LogP contribution >= 0.6 is 0 Å². The number of aliphatic hydroxyl groups is 12. The van der Waals surface area contributed by atoms with Crippen LogP contribution in [0.1, 0.15) is 13.8 Å². The quantitative estimate of drug-likeness (QED) is 0.0808. The van der Waals surface area contributed by atoms with Gasteiger partial charge in [0.1, 0.15) is 108 Å². The minimum Gasteiger partial charge on any atom is -0.507 e. The van der Waals surface area contributed by atoms with Crippen LogP contribution in [0, 0.1) is 0 Å². The van der Waals surface area contributed by atoms with Gasteiger partial charge in [-0.3, -0.25) is 4.79 Å². The maximum absolute atomic E-state index is 14.6. The first-order chi connectivity index (χ1) is 30.7. The summed E-state index contributed by atoms with van der Waals surface area (Å²) in [5, 5.41) is 148. The molecule has 3 aromatic rings. The van der Waals surface area contributed by atoms with Crippen LogP contribution in [0.5, 0.6) is 28.7 Å². The van der Waals surface area contributed by atoms with E-state index in [-0.39, 0.29) is 22.8 Å². The Morgan fingerprint density at radius 2 is 1.18 bits per heavy atom. The van der Waals surface area contributed by atoms with E-state index in [1.54, 1.807) is 0 Å². The van der Waals surface area contributed by atoms with E-state index < -0.39 is 170 Å². The summed E-state index contributed by atoms with van der Waals surface area (Å²) in [5.74, 6) is -2.90. The maximum Gasteiger partial charge on any atom is 0.239 e. The number of aliphatic hydroxyl groups excluding tert-OH is 12. The molecule has 0 unspecified atom stereocenters. The van der Waals surface area contributed by atoms with Gasteiger partial charge in [-0.15, -0.1) is 0 Å². The van der Waals surface area contributed by atoms with E-state index in [0.717, 1.165) is 18.2 Å². The molecule has 4 fully saturated rings. The fourth-order valence-electron chi connectivity index (χ4n) is 7.78. The van der Waals surface area contributed by atoms with Gasteiger partial charge in [-0.1, -0.05) is 0 Å². The highest BCUT2D eigenvalue weighted by molar-refractivity contribution is 5.88. The molecule has 65 heavy (non-hydrogen) atoms. The van der Waals surface area contributed by atoms with E-state index in [4.69, 9.17) is 47.0 Å².